The lowest BCUT2D eigenvalue weighted by Gasteiger charge is -2.30. The molecule has 2 saturated heterocycles. The number of carbonyl (C=O) groups excluding carboxylic acids is 1. The number of thioether (sulfide) groups is 1. The van der Waals surface area contributed by atoms with E-state index in [2.05, 4.69) is 10.2 Å². The minimum atomic E-state index is -0.424. The molecule has 0 bridgehead atoms. The number of hydrogen-bond donors (Lipinski definition) is 2. The van der Waals surface area contributed by atoms with Gasteiger partial charge in [0, 0.05) is 36.2 Å². The molecule has 2 heterocycles. The van der Waals surface area contributed by atoms with E-state index in [1.165, 1.54) is 0 Å². The highest BCUT2D eigenvalue weighted by molar-refractivity contribution is 7.99. The molecule has 0 aromatic heterocycles. The van der Waals surface area contributed by atoms with E-state index in [4.69, 9.17) is 22.1 Å². The largest absolute Gasteiger partial charge is 0.368 e. The number of halogens is 1. The molecule has 0 radical (unpaired) electrons. The molecule has 2 aliphatic rings. The van der Waals surface area contributed by atoms with Crippen LogP contribution in [0, 0.1) is 0 Å². The Morgan fingerprint density at radius 1 is 1.39 bits per heavy atom. The van der Waals surface area contributed by atoms with Crippen molar-refractivity contribution in [3.8, 4) is 0 Å². The van der Waals surface area contributed by atoms with Crippen molar-refractivity contribution in [2.24, 2.45) is 5.73 Å². The maximum absolute atomic E-state index is 12.5. The van der Waals surface area contributed by atoms with E-state index in [1.54, 1.807) is 0 Å². The van der Waals surface area contributed by atoms with Gasteiger partial charge in [-0.3, -0.25) is 4.79 Å². The molecule has 23 heavy (non-hydrogen) atoms. The lowest BCUT2D eigenvalue weighted by molar-refractivity contribution is -0.126. The van der Waals surface area contributed by atoms with Gasteiger partial charge in [-0.2, -0.15) is 11.8 Å². The van der Waals surface area contributed by atoms with Gasteiger partial charge in [0.25, 0.3) is 5.91 Å². The zero-order chi connectivity index (χ0) is 16.2. The maximum atomic E-state index is 12.5. The number of ether oxygens (including phenoxy) is 1. The molecule has 126 valence electrons. The number of anilines is 2. The van der Waals surface area contributed by atoms with Gasteiger partial charge in [-0.05, 0) is 31.0 Å². The van der Waals surface area contributed by atoms with Crippen LogP contribution in [-0.2, 0) is 9.53 Å². The number of nitrogens with two attached hydrogens (primary N) is 1. The number of nitrogens with zero attached hydrogens (tertiary/aromatic N) is 1. The van der Waals surface area contributed by atoms with Crippen molar-refractivity contribution in [1.82, 2.24) is 0 Å². The Kier molecular flexibility index (Phi) is 5.69. The molecule has 2 fully saturated rings. The lowest BCUT2D eigenvalue weighted by atomic mass is 10.1. The number of benzene rings is 1. The first-order valence-electron chi connectivity index (χ1n) is 7.96. The predicted octanol–water partition coefficient (Wildman–Crippen LogP) is 2.34. The van der Waals surface area contributed by atoms with Crippen LogP contribution < -0.4 is 16.0 Å². The molecular formula is C16H22ClN3O2S. The number of nitrogens with one attached hydrogen (secondary N) is 1. The molecule has 0 saturated carbocycles. The summed E-state index contributed by atoms with van der Waals surface area (Å²) in [4.78, 5) is 14.8. The average molecular weight is 356 g/mol. The highest BCUT2D eigenvalue weighted by atomic mass is 35.5. The highest BCUT2D eigenvalue weighted by Gasteiger charge is 2.30. The number of carbonyl (C=O) groups is 1. The topological polar surface area (TPSA) is 67.6 Å². The van der Waals surface area contributed by atoms with E-state index in [-0.39, 0.29) is 12.0 Å². The second-order valence-corrected chi connectivity index (χ2v) is 7.47. The molecule has 2 aliphatic heterocycles. The summed E-state index contributed by atoms with van der Waals surface area (Å²) in [7, 11) is 0. The van der Waals surface area contributed by atoms with Crippen LogP contribution in [0.1, 0.15) is 12.8 Å². The van der Waals surface area contributed by atoms with Gasteiger partial charge < -0.3 is 20.7 Å². The Morgan fingerprint density at radius 3 is 2.87 bits per heavy atom. The summed E-state index contributed by atoms with van der Waals surface area (Å²) in [6, 6.07) is 5.66. The Balaban J connectivity index is 1.73. The second-order valence-electron chi connectivity index (χ2n) is 5.81. The first-order chi connectivity index (χ1) is 11.2. The molecule has 1 amide bonds. The summed E-state index contributed by atoms with van der Waals surface area (Å²) in [5.41, 5.74) is 7.39. The third kappa shape index (κ3) is 4.12. The van der Waals surface area contributed by atoms with Crippen molar-refractivity contribution in [1.29, 1.82) is 0 Å². The summed E-state index contributed by atoms with van der Waals surface area (Å²) in [6.07, 6.45) is 1.11. The van der Waals surface area contributed by atoms with Crippen molar-refractivity contribution in [3.05, 3.63) is 23.2 Å². The molecule has 3 N–H and O–H groups in total. The first-order valence-corrected chi connectivity index (χ1v) is 9.49. The summed E-state index contributed by atoms with van der Waals surface area (Å²) >= 11 is 8.08. The molecule has 0 unspecified atom stereocenters. The molecule has 1 aromatic rings. The van der Waals surface area contributed by atoms with Gasteiger partial charge in [0.15, 0.2) is 0 Å². The summed E-state index contributed by atoms with van der Waals surface area (Å²) in [5, 5.41) is 3.61. The molecule has 0 aliphatic carbocycles. The Bertz CT molecular complexity index is 566. The zero-order valence-corrected chi connectivity index (χ0v) is 14.5. The molecule has 3 rings (SSSR count). The Hall–Kier alpha value is -0.950. The minimum Gasteiger partial charge on any atom is -0.368 e. The fourth-order valence-corrected chi connectivity index (χ4v) is 4.05. The molecular weight excluding hydrogens is 334 g/mol. The van der Waals surface area contributed by atoms with Crippen molar-refractivity contribution >= 4 is 40.6 Å². The van der Waals surface area contributed by atoms with Crippen molar-refractivity contribution in [2.75, 3.05) is 41.4 Å². The molecule has 0 spiro atoms. The second kappa shape index (κ2) is 7.75. The summed E-state index contributed by atoms with van der Waals surface area (Å²) < 4.78 is 5.67. The summed E-state index contributed by atoms with van der Waals surface area (Å²) in [6.45, 7) is 2.41. The Labute approximate surface area is 145 Å². The van der Waals surface area contributed by atoms with Gasteiger partial charge in [-0.15, -0.1) is 0 Å². The molecule has 2 atom stereocenters. The standard InChI is InChI=1S/C16H22ClN3O2S/c17-11-1-3-14(20-5-7-23-8-6-20)13(9-11)19-16(21)15-4-2-12(10-18)22-15/h1,3,9,12,15H,2,4-8,10,18H2,(H,19,21)/t12-,15+/m1/s1. The van der Waals surface area contributed by atoms with Gasteiger partial charge in [0.2, 0.25) is 0 Å². The molecule has 7 heteroatoms. The number of amides is 1. The molecule has 1 aromatic carbocycles. The van der Waals surface area contributed by atoms with Crippen LogP contribution in [0.25, 0.3) is 0 Å². The highest BCUT2D eigenvalue weighted by Crippen LogP contribution is 2.31. The van der Waals surface area contributed by atoms with E-state index < -0.39 is 6.10 Å². The lowest BCUT2D eigenvalue weighted by Crippen LogP contribution is -2.34. The maximum Gasteiger partial charge on any atom is 0.253 e. The Morgan fingerprint density at radius 2 is 2.17 bits per heavy atom. The van der Waals surface area contributed by atoms with Crippen LogP contribution in [0.15, 0.2) is 18.2 Å². The fraction of sp³-hybridized carbons (Fsp3) is 0.562. The van der Waals surface area contributed by atoms with E-state index in [0.717, 1.165) is 42.4 Å². The summed E-state index contributed by atoms with van der Waals surface area (Å²) in [5.74, 6) is 2.08. The van der Waals surface area contributed by atoms with E-state index in [0.29, 0.717) is 18.0 Å². The van der Waals surface area contributed by atoms with Gasteiger partial charge in [0.1, 0.15) is 6.10 Å². The molecule has 5 nitrogen and oxygen atoms in total. The zero-order valence-electron chi connectivity index (χ0n) is 13.0. The van der Waals surface area contributed by atoms with Crippen LogP contribution in [0.3, 0.4) is 0 Å². The predicted molar refractivity (Wildman–Crippen MR) is 96.6 cm³/mol. The number of hydrogen-bond acceptors (Lipinski definition) is 5. The van der Waals surface area contributed by atoms with Crippen molar-refractivity contribution in [3.63, 3.8) is 0 Å². The minimum absolute atomic E-state index is 0.0105. The van der Waals surface area contributed by atoms with Crippen LogP contribution in [0.2, 0.25) is 5.02 Å². The first kappa shape index (κ1) is 16.9. The fourth-order valence-electron chi connectivity index (χ4n) is 2.97. The average Bonchev–Trinajstić information content (AvgIpc) is 3.05. The van der Waals surface area contributed by atoms with Crippen LogP contribution in [0.4, 0.5) is 11.4 Å². The quantitative estimate of drug-likeness (QED) is 0.867. The van der Waals surface area contributed by atoms with Crippen LogP contribution in [0.5, 0.6) is 0 Å². The number of rotatable bonds is 4. The normalized spacial score (nSPS) is 24.7. The van der Waals surface area contributed by atoms with Gasteiger partial charge in [0.05, 0.1) is 17.5 Å². The van der Waals surface area contributed by atoms with Gasteiger partial charge in [-0.25, -0.2) is 0 Å². The van der Waals surface area contributed by atoms with Crippen molar-refractivity contribution < 1.29 is 9.53 Å². The smallest absolute Gasteiger partial charge is 0.253 e. The van der Waals surface area contributed by atoms with Gasteiger partial charge in [-0.1, -0.05) is 11.6 Å². The van der Waals surface area contributed by atoms with Gasteiger partial charge >= 0.3 is 0 Å². The van der Waals surface area contributed by atoms with E-state index in [1.807, 2.05) is 30.0 Å². The van der Waals surface area contributed by atoms with Crippen LogP contribution in [-0.4, -0.2) is 49.3 Å². The third-order valence-corrected chi connectivity index (χ3v) is 5.41. The third-order valence-electron chi connectivity index (χ3n) is 4.23. The van der Waals surface area contributed by atoms with Crippen molar-refractivity contribution in [2.45, 2.75) is 25.0 Å². The van der Waals surface area contributed by atoms with E-state index >= 15 is 0 Å². The SMILES string of the molecule is NC[C@H]1CC[C@@H](C(=O)Nc2cc(Cl)ccc2N2CCSCC2)O1. The van der Waals surface area contributed by atoms with Crippen LogP contribution >= 0.6 is 23.4 Å². The van der Waals surface area contributed by atoms with E-state index in [9.17, 15) is 4.79 Å². The monoisotopic (exact) mass is 355 g/mol.